The Bertz CT molecular complexity index is 437. The summed E-state index contributed by atoms with van der Waals surface area (Å²) in [6, 6.07) is 10.8. The third kappa shape index (κ3) is 2.70. The summed E-state index contributed by atoms with van der Waals surface area (Å²) in [5.41, 5.74) is 2.09. The maximum Gasteiger partial charge on any atom is 0.123 e. The van der Waals surface area contributed by atoms with Crippen molar-refractivity contribution in [3.05, 3.63) is 59.7 Å². The number of aromatic amines is 1. The van der Waals surface area contributed by atoms with E-state index in [9.17, 15) is 4.39 Å². The van der Waals surface area contributed by atoms with Crippen LogP contribution in [0.1, 0.15) is 24.2 Å². The summed E-state index contributed by atoms with van der Waals surface area (Å²) in [6.45, 7) is 2.78. The van der Waals surface area contributed by atoms with Crippen LogP contribution in [0.5, 0.6) is 0 Å². The molecule has 1 aromatic heterocycles. The van der Waals surface area contributed by atoms with Crippen molar-refractivity contribution in [2.75, 3.05) is 0 Å². The summed E-state index contributed by atoms with van der Waals surface area (Å²) in [5, 5.41) is 3.33. The van der Waals surface area contributed by atoms with Crippen molar-refractivity contribution in [3.63, 3.8) is 0 Å². The first-order valence-electron chi connectivity index (χ1n) is 5.37. The monoisotopic (exact) mass is 218 g/mol. The molecule has 0 saturated heterocycles. The van der Waals surface area contributed by atoms with Gasteiger partial charge >= 0.3 is 0 Å². The minimum atomic E-state index is -0.189. The highest BCUT2D eigenvalue weighted by molar-refractivity contribution is 5.19. The highest BCUT2D eigenvalue weighted by Crippen LogP contribution is 2.13. The van der Waals surface area contributed by atoms with E-state index in [0.717, 1.165) is 17.8 Å². The van der Waals surface area contributed by atoms with E-state index in [1.54, 1.807) is 12.1 Å². The van der Waals surface area contributed by atoms with Crippen LogP contribution in [0.2, 0.25) is 0 Å². The Hall–Kier alpha value is -1.61. The van der Waals surface area contributed by atoms with E-state index in [1.807, 2.05) is 31.3 Å². The van der Waals surface area contributed by atoms with Crippen LogP contribution in [0.15, 0.2) is 42.6 Å². The Morgan fingerprint density at radius 2 is 2.19 bits per heavy atom. The number of aromatic nitrogens is 1. The second-order valence-electron chi connectivity index (χ2n) is 3.85. The second kappa shape index (κ2) is 4.94. The van der Waals surface area contributed by atoms with Crippen LogP contribution >= 0.6 is 0 Å². The molecule has 0 fully saturated rings. The van der Waals surface area contributed by atoms with Crippen LogP contribution in [0.25, 0.3) is 0 Å². The fourth-order valence-corrected chi connectivity index (χ4v) is 1.63. The SMILES string of the molecule is CC(NCc1ccc[nH]1)c1cccc(F)c1. The molecule has 0 aliphatic carbocycles. The molecule has 0 radical (unpaired) electrons. The van der Waals surface area contributed by atoms with Gasteiger partial charge in [-0.2, -0.15) is 0 Å². The predicted molar refractivity (Wildman–Crippen MR) is 62.4 cm³/mol. The van der Waals surface area contributed by atoms with Crippen LogP contribution in [0.4, 0.5) is 4.39 Å². The fraction of sp³-hybridized carbons (Fsp3) is 0.231. The van der Waals surface area contributed by atoms with Crippen molar-refractivity contribution < 1.29 is 4.39 Å². The summed E-state index contributed by atoms with van der Waals surface area (Å²) in [7, 11) is 0. The standard InChI is InChI=1S/C13H15FN2/c1-10(11-4-2-5-12(14)8-11)16-9-13-6-3-7-15-13/h2-8,10,15-16H,9H2,1H3. The third-order valence-corrected chi connectivity index (χ3v) is 2.61. The maximum absolute atomic E-state index is 13.0. The Kier molecular flexibility index (Phi) is 3.37. The molecule has 0 amide bonds. The molecule has 1 heterocycles. The highest BCUT2D eigenvalue weighted by Gasteiger charge is 2.05. The Morgan fingerprint density at radius 3 is 2.88 bits per heavy atom. The summed E-state index contributed by atoms with van der Waals surface area (Å²) >= 11 is 0. The van der Waals surface area contributed by atoms with Gasteiger partial charge in [0.15, 0.2) is 0 Å². The van der Waals surface area contributed by atoms with Crippen molar-refractivity contribution in [1.82, 2.24) is 10.3 Å². The van der Waals surface area contributed by atoms with Crippen molar-refractivity contribution in [3.8, 4) is 0 Å². The first kappa shape index (κ1) is 10.9. The molecule has 0 saturated carbocycles. The van der Waals surface area contributed by atoms with Crippen LogP contribution in [-0.4, -0.2) is 4.98 Å². The van der Waals surface area contributed by atoms with Gasteiger partial charge in [-0.15, -0.1) is 0 Å². The van der Waals surface area contributed by atoms with Gasteiger partial charge in [0, 0.05) is 24.5 Å². The van der Waals surface area contributed by atoms with Crippen molar-refractivity contribution in [2.45, 2.75) is 19.5 Å². The van der Waals surface area contributed by atoms with Gasteiger partial charge in [-0.05, 0) is 36.8 Å². The summed E-state index contributed by atoms with van der Waals surface area (Å²) in [6.07, 6.45) is 1.89. The molecule has 2 N–H and O–H groups in total. The number of hydrogen-bond donors (Lipinski definition) is 2. The van der Waals surface area contributed by atoms with Gasteiger partial charge in [0.05, 0.1) is 0 Å². The normalized spacial score (nSPS) is 12.6. The molecule has 1 aromatic carbocycles. The van der Waals surface area contributed by atoms with E-state index in [2.05, 4.69) is 10.3 Å². The van der Waals surface area contributed by atoms with Gasteiger partial charge in [0.2, 0.25) is 0 Å². The van der Waals surface area contributed by atoms with Crippen molar-refractivity contribution >= 4 is 0 Å². The molecule has 1 atom stereocenters. The maximum atomic E-state index is 13.0. The highest BCUT2D eigenvalue weighted by atomic mass is 19.1. The van der Waals surface area contributed by atoms with E-state index < -0.39 is 0 Å². The Morgan fingerprint density at radius 1 is 1.31 bits per heavy atom. The molecular weight excluding hydrogens is 203 g/mol. The molecule has 0 spiro atoms. The van der Waals surface area contributed by atoms with Crippen LogP contribution < -0.4 is 5.32 Å². The van der Waals surface area contributed by atoms with Gasteiger partial charge in [-0.1, -0.05) is 12.1 Å². The molecule has 84 valence electrons. The summed E-state index contributed by atoms with van der Waals surface area (Å²) < 4.78 is 13.0. The number of nitrogens with one attached hydrogen (secondary N) is 2. The zero-order chi connectivity index (χ0) is 11.4. The van der Waals surface area contributed by atoms with Crippen LogP contribution in [-0.2, 0) is 6.54 Å². The average molecular weight is 218 g/mol. The number of hydrogen-bond acceptors (Lipinski definition) is 1. The third-order valence-electron chi connectivity index (χ3n) is 2.61. The van der Waals surface area contributed by atoms with Crippen molar-refractivity contribution in [2.24, 2.45) is 0 Å². The van der Waals surface area contributed by atoms with Gasteiger partial charge in [-0.25, -0.2) is 4.39 Å². The van der Waals surface area contributed by atoms with Gasteiger partial charge < -0.3 is 10.3 Å². The minimum Gasteiger partial charge on any atom is -0.364 e. The van der Waals surface area contributed by atoms with E-state index in [0.29, 0.717) is 0 Å². The molecule has 0 bridgehead atoms. The zero-order valence-electron chi connectivity index (χ0n) is 9.20. The number of rotatable bonds is 4. The molecule has 0 aliphatic heterocycles. The van der Waals surface area contributed by atoms with Crippen molar-refractivity contribution in [1.29, 1.82) is 0 Å². The largest absolute Gasteiger partial charge is 0.364 e. The zero-order valence-corrected chi connectivity index (χ0v) is 9.20. The number of benzene rings is 1. The summed E-state index contributed by atoms with van der Waals surface area (Å²) in [5.74, 6) is -0.189. The lowest BCUT2D eigenvalue weighted by Crippen LogP contribution is -2.18. The first-order valence-corrected chi connectivity index (χ1v) is 5.37. The van der Waals surface area contributed by atoms with Crippen LogP contribution in [0, 0.1) is 5.82 Å². The van der Waals surface area contributed by atoms with E-state index in [1.165, 1.54) is 6.07 Å². The lowest BCUT2D eigenvalue weighted by atomic mass is 10.1. The molecule has 3 heteroatoms. The van der Waals surface area contributed by atoms with Gasteiger partial charge in [0.25, 0.3) is 0 Å². The summed E-state index contributed by atoms with van der Waals surface area (Å²) in [4.78, 5) is 3.12. The lowest BCUT2D eigenvalue weighted by molar-refractivity contribution is 0.560. The Balaban J connectivity index is 1.95. The Labute approximate surface area is 94.5 Å². The molecule has 1 unspecified atom stereocenters. The minimum absolute atomic E-state index is 0.138. The first-order chi connectivity index (χ1) is 7.75. The van der Waals surface area contributed by atoms with E-state index in [4.69, 9.17) is 0 Å². The fourth-order valence-electron chi connectivity index (χ4n) is 1.63. The number of halogens is 1. The molecule has 2 nitrogen and oxygen atoms in total. The van der Waals surface area contributed by atoms with Gasteiger partial charge in [-0.3, -0.25) is 0 Å². The molecule has 2 rings (SSSR count). The topological polar surface area (TPSA) is 27.8 Å². The van der Waals surface area contributed by atoms with Crippen LogP contribution in [0.3, 0.4) is 0 Å². The predicted octanol–water partition coefficient (Wildman–Crippen LogP) is 3.00. The smallest absolute Gasteiger partial charge is 0.123 e. The molecule has 16 heavy (non-hydrogen) atoms. The van der Waals surface area contributed by atoms with Gasteiger partial charge in [0.1, 0.15) is 5.82 Å². The number of H-pyrrole nitrogens is 1. The molecule has 0 aliphatic rings. The molecular formula is C13H15FN2. The second-order valence-corrected chi connectivity index (χ2v) is 3.85. The van der Waals surface area contributed by atoms with E-state index >= 15 is 0 Å². The average Bonchev–Trinajstić information content (AvgIpc) is 2.78. The molecule has 2 aromatic rings. The van der Waals surface area contributed by atoms with E-state index in [-0.39, 0.29) is 11.9 Å². The quantitative estimate of drug-likeness (QED) is 0.811. The lowest BCUT2D eigenvalue weighted by Gasteiger charge is -2.13.